The van der Waals surface area contributed by atoms with Crippen LogP contribution in [0.1, 0.15) is 40.4 Å². The van der Waals surface area contributed by atoms with Crippen LogP contribution in [0.4, 0.5) is 11.4 Å². The second kappa shape index (κ2) is 16.4. The molecule has 0 aliphatic rings. The Kier molecular flexibility index (Phi) is 12.1. The number of ether oxygens (including phenoxy) is 3. The van der Waals surface area contributed by atoms with Crippen molar-refractivity contribution >= 4 is 46.9 Å². The minimum absolute atomic E-state index is 0.00883. The zero-order chi connectivity index (χ0) is 33.9. The first-order valence-electron chi connectivity index (χ1n) is 15.0. The third-order valence-corrected chi connectivity index (χ3v) is 8.56. The number of amides is 3. The average molecular weight is 654 g/mol. The van der Waals surface area contributed by atoms with E-state index in [1.54, 1.807) is 60.7 Å². The van der Waals surface area contributed by atoms with Crippen LogP contribution >= 0.6 is 11.8 Å². The molecule has 0 heterocycles. The normalized spacial score (nSPS) is 11.7. The molecule has 9 nitrogen and oxygen atoms in total. The summed E-state index contributed by atoms with van der Waals surface area (Å²) >= 11 is 1.41. The lowest BCUT2D eigenvalue weighted by atomic mass is 10.1. The maximum atomic E-state index is 13.7. The van der Waals surface area contributed by atoms with Gasteiger partial charge in [0.25, 0.3) is 11.8 Å². The van der Waals surface area contributed by atoms with Crippen LogP contribution in [0.25, 0.3) is 6.08 Å². The largest absolute Gasteiger partial charge is 0.493 e. The summed E-state index contributed by atoms with van der Waals surface area (Å²) in [6.07, 6.45) is 2.13. The van der Waals surface area contributed by atoms with Crippen molar-refractivity contribution in [3.8, 4) is 17.2 Å². The number of carbonyl (C=O) groups excluding carboxylic acids is 3. The molecule has 4 aromatic rings. The highest BCUT2D eigenvalue weighted by atomic mass is 32.2. The Hall–Kier alpha value is -5.22. The maximum Gasteiger partial charge on any atom is 0.272 e. The maximum absolute atomic E-state index is 13.7. The van der Waals surface area contributed by atoms with E-state index in [0.29, 0.717) is 40.5 Å². The molecule has 0 aliphatic heterocycles. The molecule has 0 aliphatic carbocycles. The zero-order valence-electron chi connectivity index (χ0n) is 27.3. The molecular formula is C37H39N3O6S. The van der Waals surface area contributed by atoms with Crippen molar-refractivity contribution in [1.82, 2.24) is 5.32 Å². The fourth-order valence-corrected chi connectivity index (χ4v) is 5.81. The summed E-state index contributed by atoms with van der Waals surface area (Å²) in [6.45, 7) is 5.94. The highest BCUT2D eigenvalue weighted by Gasteiger charge is 2.21. The van der Waals surface area contributed by atoms with Crippen LogP contribution in [-0.2, 0) is 9.59 Å². The van der Waals surface area contributed by atoms with E-state index in [9.17, 15) is 14.4 Å². The van der Waals surface area contributed by atoms with Crippen molar-refractivity contribution in [2.75, 3.05) is 32.0 Å². The van der Waals surface area contributed by atoms with E-state index < -0.39 is 11.8 Å². The number of benzene rings is 4. The number of rotatable bonds is 13. The Bertz CT molecular complexity index is 1750. The average Bonchev–Trinajstić information content (AvgIpc) is 3.08. The van der Waals surface area contributed by atoms with Crippen molar-refractivity contribution in [3.05, 3.63) is 113 Å². The van der Waals surface area contributed by atoms with E-state index in [0.717, 1.165) is 21.7 Å². The number of carbonyl (C=O) groups is 3. The van der Waals surface area contributed by atoms with Gasteiger partial charge in [-0.25, -0.2) is 0 Å². The monoisotopic (exact) mass is 653 g/mol. The third kappa shape index (κ3) is 9.17. The Labute approximate surface area is 279 Å². The molecule has 4 rings (SSSR count). The molecule has 3 N–H and O–H groups in total. The quantitative estimate of drug-likeness (QED) is 0.103. The number of hydrogen-bond acceptors (Lipinski definition) is 7. The summed E-state index contributed by atoms with van der Waals surface area (Å²) in [5.74, 6) is 0.0779. The number of anilines is 2. The molecule has 47 heavy (non-hydrogen) atoms. The first kappa shape index (κ1) is 34.6. The second-order valence-electron chi connectivity index (χ2n) is 10.6. The molecule has 244 valence electrons. The topological polar surface area (TPSA) is 115 Å². The van der Waals surface area contributed by atoms with Gasteiger partial charge in [0, 0.05) is 21.8 Å². The fourth-order valence-electron chi connectivity index (χ4n) is 4.79. The lowest BCUT2D eigenvalue weighted by molar-refractivity contribution is -0.116. The smallest absolute Gasteiger partial charge is 0.272 e. The lowest BCUT2D eigenvalue weighted by Crippen LogP contribution is -2.30. The number of methoxy groups -OCH3 is 3. The number of thioether (sulfide) groups is 1. The molecule has 0 fully saturated rings. The minimum Gasteiger partial charge on any atom is -0.493 e. The Morgan fingerprint density at radius 1 is 0.809 bits per heavy atom. The molecular weight excluding hydrogens is 614 g/mol. The van der Waals surface area contributed by atoms with Crippen molar-refractivity contribution in [2.24, 2.45) is 0 Å². The summed E-state index contributed by atoms with van der Waals surface area (Å²) in [7, 11) is 4.50. The van der Waals surface area contributed by atoms with E-state index in [1.807, 2.05) is 45.0 Å². The molecule has 0 aromatic heterocycles. The van der Waals surface area contributed by atoms with Gasteiger partial charge in [0.2, 0.25) is 11.7 Å². The predicted octanol–water partition coefficient (Wildman–Crippen LogP) is 7.25. The zero-order valence-corrected chi connectivity index (χ0v) is 28.1. The predicted molar refractivity (Wildman–Crippen MR) is 188 cm³/mol. The first-order chi connectivity index (χ1) is 22.6. The summed E-state index contributed by atoms with van der Waals surface area (Å²) in [5, 5.41) is 8.32. The van der Waals surface area contributed by atoms with Crippen LogP contribution in [0.15, 0.2) is 95.5 Å². The molecule has 4 aromatic carbocycles. The van der Waals surface area contributed by atoms with Gasteiger partial charge >= 0.3 is 0 Å². The van der Waals surface area contributed by atoms with Crippen LogP contribution in [-0.4, -0.2) is 44.3 Å². The van der Waals surface area contributed by atoms with Gasteiger partial charge in [-0.3, -0.25) is 14.4 Å². The van der Waals surface area contributed by atoms with Crippen LogP contribution in [0.5, 0.6) is 17.2 Å². The second-order valence-corrected chi connectivity index (χ2v) is 11.9. The van der Waals surface area contributed by atoms with Gasteiger partial charge < -0.3 is 30.2 Å². The van der Waals surface area contributed by atoms with E-state index in [4.69, 9.17) is 14.2 Å². The molecule has 3 amide bonds. The van der Waals surface area contributed by atoms with Gasteiger partial charge in [0.05, 0.1) is 26.6 Å². The Morgan fingerprint density at radius 2 is 1.51 bits per heavy atom. The molecule has 1 atom stereocenters. The molecule has 0 saturated carbocycles. The number of nitrogens with one attached hydrogen (secondary N) is 3. The SMILES string of the molecule is CCC(Sc1cccc(NC(=O)/C(=C\c2cc(OC)c(OC)c(OC)c2)NC(=O)c2ccccc2)c1)C(=O)Nc1ccc(C)cc1C. The van der Waals surface area contributed by atoms with Crippen molar-refractivity contribution in [1.29, 1.82) is 0 Å². The summed E-state index contributed by atoms with van der Waals surface area (Å²) in [6, 6.07) is 25.1. The van der Waals surface area contributed by atoms with Crippen LogP contribution in [0, 0.1) is 13.8 Å². The summed E-state index contributed by atoms with van der Waals surface area (Å²) in [5.41, 5.74) is 4.31. The van der Waals surface area contributed by atoms with Gasteiger partial charge in [-0.1, -0.05) is 48.9 Å². The molecule has 0 spiro atoms. The summed E-state index contributed by atoms with van der Waals surface area (Å²) < 4.78 is 16.4. The van der Waals surface area contributed by atoms with Crippen LogP contribution in [0.3, 0.4) is 0 Å². The Morgan fingerprint density at radius 3 is 2.13 bits per heavy atom. The molecule has 10 heteroatoms. The third-order valence-electron chi connectivity index (χ3n) is 7.20. The van der Waals surface area contributed by atoms with Gasteiger partial charge in [0.15, 0.2) is 11.5 Å². The van der Waals surface area contributed by atoms with E-state index >= 15 is 0 Å². The van der Waals surface area contributed by atoms with E-state index in [2.05, 4.69) is 16.0 Å². The molecule has 1 unspecified atom stereocenters. The summed E-state index contributed by atoms with van der Waals surface area (Å²) in [4.78, 5) is 40.9. The number of aryl methyl sites for hydroxylation is 2. The lowest BCUT2D eigenvalue weighted by Gasteiger charge is -2.17. The van der Waals surface area contributed by atoms with Crippen molar-refractivity contribution in [3.63, 3.8) is 0 Å². The Balaban J connectivity index is 1.58. The van der Waals surface area contributed by atoms with Crippen LogP contribution in [0.2, 0.25) is 0 Å². The fraction of sp³-hybridized carbons (Fsp3) is 0.216. The van der Waals surface area contributed by atoms with Gasteiger partial charge in [-0.15, -0.1) is 11.8 Å². The van der Waals surface area contributed by atoms with Gasteiger partial charge in [-0.05, 0) is 86.0 Å². The highest BCUT2D eigenvalue weighted by molar-refractivity contribution is 8.00. The first-order valence-corrected chi connectivity index (χ1v) is 15.9. The minimum atomic E-state index is -0.551. The van der Waals surface area contributed by atoms with E-state index in [1.165, 1.54) is 39.2 Å². The molecule has 0 radical (unpaired) electrons. The highest BCUT2D eigenvalue weighted by Crippen LogP contribution is 2.39. The molecule has 0 saturated heterocycles. The molecule has 0 bridgehead atoms. The standard InChI is InChI=1S/C37H39N3O6S/c1-7-33(37(43)39-29-17-16-23(2)18-24(29)3)47-28-15-11-14-27(22-28)38-36(42)30(40-35(41)26-12-9-8-10-13-26)19-25-20-31(44-4)34(46-6)32(21-25)45-5/h8-22,33H,7H2,1-6H3,(H,38,42)(H,39,43)(H,40,41)/b30-19+. The van der Waals surface area contributed by atoms with Crippen molar-refractivity contribution < 1.29 is 28.6 Å². The van der Waals surface area contributed by atoms with Crippen LogP contribution < -0.4 is 30.2 Å². The van der Waals surface area contributed by atoms with E-state index in [-0.39, 0.29) is 16.9 Å². The van der Waals surface area contributed by atoms with Crippen molar-refractivity contribution in [2.45, 2.75) is 37.3 Å². The number of hydrogen-bond donors (Lipinski definition) is 3. The van der Waals surface area contributed by atoms with Gasteiger partial charge in [-0.2, -0.15) is 0 Å². The van der Waals surface area contributed by atoms with Gasteiger partial charge in [0.1, 0.15) is 5.70 Å².